The Kier molecular flexibility index (Phi) is 10.3. The van der Waals surface area contributed by atoms with E-state index in [0.29, 0.717) is 42.5 Å². The highest BCUT2D eigenvalue weighted by atomic mass is 16.6. The van der Waals surface area contributed by atoms with Crippen LogP contribution >= 0.6 is 0 Å². The van der Waals surface area contributed by atoms with Crippen molar-refractivity contribution < 1.29 is 19.1 Å². The molecule has 2 heterocycles. The summed E-state index contributed by atoms with van der Waals surface area (Å²) >= 11 is 0. The van der Waals surface area contributed by atoms with Gasteiger partial charge in [0.05, 0.1) is 11.4 Å². The van der Waals surface area contributed by atoms with Gasteiger partial charge in [0.25, 0.3) is 5.91 Å². The number of aromatic nitrogens is 3. The number of primary amides is 1. The highest BCUT2D eigenvalue weighted by Crippen LogP contribution is 2.22. The van der Waals surface area contributed by atoms with Crippen LogP contribution in [-0.4, -0.2) is 63.5 Å². The maximum atomic E-state index is 12.2. The van der Waals surface area contributed by atoms with Crippen molar-refractivity contribution in [1.82, 2.24) is 25.2 Å². The average molecular weight is 514 g/mol. The lowest BCUT2D eigenvalue weighted by atomic mass is 10.0. The third kappa shape index (κ3) is 9.66. The molecule has 11 heteroatoms. The second kappa shape index (κ2) is 13.0. The van der Waals surface area contributed by atoms with Crippen LogP contribution in [0.5, 0.6) is 0 Å². The van der Waals surface area contributed by atoms with E-state index in [-0.39, 0.29) is 18.1 Å². The van der Waals surface area contributed by atoms with Crippen LogP contribution in [0, 0.1) is 5.92 Å². The summed E-state index contributed by atoms with van der Waals surface area (Å²) in [5, 5.41) is 5.93. The van der Waals surface area contributed by atoms with Gasteiger partial charge in [0.1, 0.15) is 12.1 Å². The van der Waals surface area contributed by atoms with Crippen molar-refractivity contribution in [3.05, 3.63) is 41.1 Å². The summed E-state index contributed by atoms with van der Waals surface area (Å²) in [6, 6.07) is 3.56. The molecule has 11 nitrogen and oxygen atoms in total. The number of amides is 3. The number of hydrogen-bond donors (Lipinski definition) is 3. The molecule has 0 aliphatic rings. The number of nitrogens with one attached hydrogen (secondary N) is 2. The highest BCUT2D eigenvalue weighted by molar-refractivity contribution is 5.96. The van der Waals surface area contributed by atoms with Crippen LogP contribution in [0.4, 0.5) is 16.3 Å². The summed E-state index contributed by atoms with van der Waals surface area (Å²) in [5.74, 6) is -0.290. The largest absolute Gasteiger partial charge is 0.444 e. The van der Waals surface area contributed by atoms with Crippen molar-refractivity contribution in [1.29, 1.82) is 0 Å². The fourth-order valence-corrected chi connectivity index (χ4v) is 3.43. The highest BCUT2D eigenvalue weighted by Gasteiger charge is 2.21. The number of nitrogens with two attached hydrogens (primary N) is 1. The topological polar surface area (TPSA) is 152 Å². The quantitative estimate of drug-likeness (QED) is 0.415. The SMILES string of the molecule is CCc1nc(C(N)=O)c(Nc2ccnc(CCNC(=O)CN(C)C(=O)OC(C)(C)C)c2)nc1CC(C)C. The summed E-state index contributed by atoms with van der Waals surface area (Å²) in [6.07, 6.45) is 2.90. The molecule has 0 aliphatic carbocycles. The first kappa shape index (κ1) is 29.5. The van der Waals surface area contributed by atoms with E-state index in [1.54, 1.807) is 39.1 Å². The van der Waals surface area contributed by atoms with Crippen LogP contribution in [0.3, 0.4) is 0 Å². The normalized spacial score (nSPS) is 11.2. The second-order valence-corrected chi connectivity index (χ2v) is 10.2. The van der Waals surface area contributed by atoms with Gasteiger partial charge in [0.15, 0.2) is 11.5 Å². The lowest BCUT2D eigenvalue weighted by Crippen LogP contribution is -2.41. The van der Waals surface area contributed by atoms with E-state index >= 15 is 0 Å². The predicted molar refractivity (Wildman–Crippen MR) is 142 cm³/mol. The van der Waals surface area contributed by atoms with Gasteiger partial charge in [-0.2, -0.15) is 0 Å². The van der Waals surface area contributed by atoms with Crippen LogP contribution in [0.15, 0.2) is 18.3 Å². The Bertz CT molecular complexity index is 1110. The van der Waals surface area contributed by atoms with Crippen molar-refractivity contribution in [3.63, 3.8) is 0 Å². The van der Waals surface area contributed by atoms with Gasteiger partial charge >= 0.3 is 6.09 Å². The molecular formula is C26H39N7O4. The van der Waals surface area contributed by atoms with Crippen LogP contribution in [0.2, 0.25) is 0 Å². The van der Waals surface area contributed by atoms with Crippen molar-refractivity contribution in [2.24, 2.45) is 11.7 Å². The van der Waals surface area contributed by atoms with Crippen molar-refractivity contribution in [2.75, 3.05) is 25.5 Å². The molecule has 0 aromatic carbocycles. The lowest BCUT2D eigenvalue weighted by Gasteiger charge is -2.24. The third-order valence-electron chi connectivity index (χ3n) is 5.09. The van der Waals surface area contributed by atoms with Gasteiger partial charge in [-0.25, -0.2) is 14.8 Å². The molecule has 0 radical (unpaired) electrons. The number of carbonyl (C=O) groups is 3. The summed E-state index contributed by atoms with van der Waals surface area (Å²) in [5.41, 5.74) is 8.01. The number of nitrogens with zero attached hydrogens (tertiary/aromatic N) is 4. The van der Waals surface area contributed by atoms with E-state index in [9.17, 15) is 14.4 Å². The molecule has 0 saturated heterocycles. The zero-order valence-electron chi connectivity index (χ0n) is 22.8. The van der Waals surface area contributed by atoms with Crippen LogP contribution in [-0.2, 0) is 28.8 Å². The number of pyridine rings is 1. The molecule has 0 aliphatic heterocycles. The minimum absolute atomic E-state index is 0.0871. The number of hydrogen-bond acceptors (Lipinski definition) is 8. The number of carbonyl (C=O) groups excluding carboxylic acids is 3. The third-order valence-corrected chi connectivity index (χ3v) is 5.09. The molecule has 0 atom stereocenters. The smallest absolute Gasteiger partial charge is 0.410 e. The number of anilines is 2. The number of aryl methyl sites for hydroxylation is 1. The average Bonchev–Trinajstić information content (AvgIpc) is 2.77. The molecule has 0 fully saturated rings. The molecule has 202 valence electrons. The molecular weight excluding hydrogens is 474 g/mol. The Morgan fingerprint density at radius 2 is 1.86 bits per heavy atom. The molecule has 37 heavy (non-hydrogen) atoms. The molecule has 0 spiro atoms. The molecule has 0 saturated carbocycles. The molecule has 0 bridgehead atoms. The molecule has 2 aromatic heterocycles. The Labute approximate surface area is 218 Å². The minimum Gasteiger partial charge on any atom is -0.444 e. The van der Waals surface area contributed by atoms with Crippen LogP contribution in [0.25, 0.3) is 0 Å². The van der Waals surface area contributed by atoms with Gasteiger partial charge in [-0.05, 0) is 51.7 Å². The van der Waals surface area contributed by atoms with Gasteiger partial charge in [-0.3, -0.25) is 14.6 Å². The minimum atomic E-state index is -0.658. The van der Waals surface area contributed by atoms with Gasteiger partial charge in [0.2, 0.25) is 5.91 Å². The van der Waals surface area contributed by atoms with Crippen LogP contribution in [0.1, 0.15) is 69.1 Å². The zero-order chi connectivity index (χ0) is 27.8. The van der Waals surface area contributed by atoms with E-state index in [4.69, 9.17) is 10.5 Å². The molecule has 2 aromatic rings. The first-order chi connectivity index (χ1) is 17.3. The lowest BCUT2D eigenvalue weighted by molar-refractivity contribution is -0.121. The summed E-state index contributed by atoms with van der Waals surface area (Å²) < 4.78 is 5.25. The van der Waals surface area contributed by atoms with E-state index in [0.717, 1.165) is 17.8 Å². The first-order valence-electron chi connectivity index (χ1n) is 12.4. The van der Waals surface area contributed by atoms with Gasteiger partial charge < -0.3 is 26.0 Å². The Hall–Kier alpha value is -3.76. The summed E-state index contributed by atoms with van der Waals surface area (Å²) in [7, 11) is 1.51. The Morgan fingerprint density at radius 1 is 1.16 bits per heavy atom. The van der Waals surface area contributed by atoms with E-state index in [1.165, 1.54) is 11.9 Å². The van der Waals surface area contributed by atoms with Crippen molar-refractivity contribution >= 4 is 29.4 Å². The molecule has 2 rings (SSSR count). The van der Waals surface area contributed by atoms with E-state index in [1.807, 2.05) is 6.92 Å². The Balaban J connectivity index is 2.04. The van der Waals surface area contributed by atoms with Crippen LogP contribution < -0.4 is 16.4 Å². The summed E-state index contributed by atoms with van der Waals surface area (Å²) in [6.45, 7) is 11.7. The molecule has 4 N–H and O–H groups in total. The van der Waals surface area contributed by atoms with Crippen molar-refractivity contribution in [3.8, 4) is 0 Å². The fraction of sp³-hybridized carbons (Fsp3) is 0.538. The maximum Gasteiger partial charge on any atom is 0.410 e. The monoisotopic (exact) mass is 513 g/mol. The number of likely N-dealkylation sites (N-methyl/N-ethyl adjacent to an activating group) is 1. The zero-order valence-corrected chi connectivity index (χ0v) is 22.8. The fourth-order valence-electron chi connectivity index (χ4n) is 3.43. The van der Waals surface area contributed by atoms with Gasteiger partial charge in [-0.1, -0.05) is 20.8 Å². The number of ether oxygens (including phenoxy) is 1. The second-order valence-electron chi connectivity index (χ2n) is 10.2. The molecule has 3 amide bonds. The van der Waals surface area contributed by atoms with Gasteiger partial charge in [0, 0.05) is 37.6 Å². The maximum absolute atomic E-state index is 12.2. The Morgan fingerprint density at radius 3 is 2.46 bits per heavy atom. The van der Waals surface area contributed by atoms with Crippen molar-refractivity contribution in [2.45, 2.75) is 66.4 Å². The van der Waals surface area contributed by atoms with E-state index < -0.39 is 17.6 Å². The standard InChI is InChI=1S/C26H39N7O4/c1-8-19-20(13-16(2)3)32-24(22(31-19)23(27)35)30-18-10-11-28-17(14-18)9-12-29-21(34)15-33(7)25(36)37-26(4,5)6/h10-11,14,16H,8-9,12-13,15H2,1-7H3,(H2,27,35)(H,29,34)(H,28,30,32). The predicted octanol–water partition coefficient (Wildman–Crippen LogP) is 3.00. The van der Waals surface area contributed by atoms with Gasteiger partial charge in [-0.15, -0.1) is 0 Å². The summed E-state index contributed by atoms with van der Waals surface area (Å²) in [4.78, 5) is 51.1. The number of rotatable bonds is 11. The van der Waals surface area contributed by atoms with E-state index in [2.05, 4.69) is 39.4 Å². The molecule has 0 unspecified atom stereocenters. The first-order valence-corrected chi connectivity index (χ1v) is 12.4.